The number of rotatable bonds is 4. The second-order valence-corrected chi connectivity index (χ2v) is 4.09. The predicted octanol–water partition coefficient (Wildman–Crippen LogP) is 0.290. The first-order valence-corrected chi connectivity index (χ1v) is 5.30. The van der Waals surface area contributed by atoms with Crippen molar-refractivity contribution in [3.05, 3.63) is 5.82 Å². The lowest BCUT2D eigenvalue weighted by Crippen LogP contribution is -2.33. The number of tetrazole rings is 1. The molecular formula is C9H15N5O. The Morgan fingerprint density at radius 3 is 2.87 bits per heavy atom. The topological polar surface area (TPSA) is 97.5 Å². The summed E-state index contributed by atoms with van der Waals surface area (Å²) in [6.45, 7) is 0. The van der Waals surface area contributed by atoms with Gasteiger partial charge in [-0.3, -0.25) is 4.79 Å². The maximum Gasteiger partial charge on any atom is 0.241 e. The van der Waals surface area contributed by atoms with E-state index in [9.17, 15) is 4.79 Å². The molecule has 0 spiro atoms. The fourth-order valence-corrected chi connectivity index (χ4v) is 2.14. The Labute approximate surface area is 87.6 Å². The van der Waals surface area contributed by atoms with Gasteiger partial charge in [0.15, 0.2) is 0 Å². The molecule has 15 heavy (non-hydrogen) atoms. The smallest absolute Gasteiger partial charge is 0.241 e. The molecule has 0 unspecified atom stereocenters. The first-order chi connectivity index (χ1) is 7.27. The van der Waals surface area contributed by atoms with Gasteiger partial charge in [-0.15, -0.1) is 10.2 Å². The molecule has 1 aliphatic carbocycles. The van der Waals surface area contributed by atoms with Crippen LogP contribution in [-0.2, 0) is 0 Å². The van der Waals surface area contributed by atoms with Crippen molar-refractivity contribution >= 4 is 5.78 Å². The highest BCUT2D eigenvalue weighted by atomic mass is 16.1. The lowest BCUT2D eigenvalue weighted by molar-refractivity contribution is 0.0938. The maximum absolute atomic E-state index is 11.7. The number of H-pyrrole nitrogens is 1. The van der Waals surface area contributed by atoms with Crippen LogP contribution in [0, 0.1) is 5.92 Å². The van der Waals surface area contributed by atoms with E-state index < -0.39 is 6.04 Å². The van der Waals surface area contributed by atoms with Crippen molar-refractivity contribution in [2.75, 3.05) is 0 Å². The van der Waals surface area contributed by atoms with Crippen molar-refractivity contribution in [3.8, 4) is 0 Å². The van der Waals surface area contributed by atoms with Crippen LogP contribution in [0.3, 0.4) is 0 Å². The summed E-state index contributed by atoms with van der Waals surface area (Å²) in [5.41, 5.74) is 5.82. The molecule has 0 amide bonds. The van der Waals surface area contributed by atoms with Crippen molar-refractivity contribution in [1.82, 2.24) is 20.6 Å². The quantitative estimate of drug-likeness (QED) is 0.694. The molecule has 82 valence electrons. The maximum atomic E-state index is 11.7. The van der Waals surface area contributed by atoms with Crippen LogP contribution in [0.25, 0.3) is 0 Å². The number of carbonyl (C=O) groups is 1. The SMILES string of the molecule is N[C@@H](CC1CCCC1)C(=O)c1nn[nH]n1. The molecule has 0 saturated heterocycles. The van der Waals surface area contributed by atoms with Gasteiger partial charge in [0.2, 0.25) is 11.6 Å². The predicted molar refractivity (Wildman–Crippen MR) is 53.1 cm³/mol. The van der Waals surface area contributed by atoms with E-state index in [1.165, 1.54) is 25.7 Å². The van der Waals surface area contributed by atoms with Crippen LogP contribution in [-0.4, -0.2) is 32.4 Å². The summed E-state index contributed by atoms with van der Waals surface area (Å²) in [5.74, 6) is 0.479. The fraction of sp³-hybridized carbons (Fsp3) is 0.778. The minimum Gasteiger partial charge on any atom is -0.321 e. The van der Waals surface area contributed by atoms with Crippen LogP contribution < -0.4 is 5.73 Å². The van der Waals surface area contributed by atoms with Crippen LogP contribution >= 0.6 is 0 Å². The van der Waals surface area contributed by atoms with Crippen molar-refractivity contribution in [3.63, 3.8) is 0 Å². The molecule has 1 heterocycles. The molecule has 3 N–H and O–H groups in total. The highest BCUT2D eigenvalue weighted by molar-refractivity contribution is 5.96. The van der Waals surface area contributed by atoms with Gasteiger partial charge in [0.1, 0.15) is 0 Å². The Kier molecular flexibility index (Phi) is 3.05. The van der Waals surface area contributed by atoms with E-state index in [0.29, 0.717) is 5.92 Å². The first-order valence-electron chi connectivity index (χ1n) is 5.30. The number of aromatic amines is 1. The van der Waals surface area contributed by atoms with Crippen molar-refractivity contribution < 1.29 is 4.79 Å². The lowest BCUT2D eigenvalue weighted by Gasteiger charge is -2.13. The minimum absolute atomic E-state index is 0.0977. The third kappa shape index (κ3) is 2.38. The van der Waals surface area contributed by atoms with E-state index in [4.69, 9.17) is 5.73 Å². The number of hydrogen-bond donors (Lipinski definition) is 2. The third-order valence-electron chi connectivity index (χ3n) is 2.96. The van der Waals surface area contributed by atoms with Gasteiger partial charge in [0.25, 0.3) is 0 Å². The molecule has 1 aromatic heterocycles. The van der Waals surface area contributed by atoms with Gasteiger partial charge in [-0.05, 0) is 17.6 Å². The molecule has 0 bridgehead atoms. The summed E-state index contributed by atoms with van der Waals surface area (Å²) in [6, 6.07) is -0.481. The van der Waals surface area contributed by atoms with Crippen molar-refractivity contribution in [2.24, 2.45) is 11.7 Å². The number of hydrogen-bond acceptors (Lipinski definition) is 5. The molecule has 1 aromatic rings. The molecule has 1 saturated carbocycles. The van der Waals surface area contributed by atoms with Crippen LogP contribution in [0.4, 0.5) is 0 Å². The largest absolute Gasteiger partial charge is 0.321 e. The highest BCUT2D eigenvalue weighted by Crippen LogP contribution is 2.28. The monoisotopic (exact) mass is 209 g/mol. The molecule has 1 aliphatic rings. The zero-order chi connectivity index (χ0) is 10.7. The van der Waals surface area contributed by atoms with E-state index in [0.717, 1.165) is 6.42 Å². The first kappa shape index (κ1) is 10.2. The Hall–Kier alpha value is -1.30. The Bertz CT molecular complexity index is 317. The Morgan fingerprint density at radius 2 is 2.27 bits per heavy atom. The fourth-order valence-electron chi connectivity index (χ4n) is 2.14. The zero-order valence-corrected chi connectivity index (χ0v) is 8.52. The van der Waals surface area contributed by atoms with E-state index in [1.54, 1.807) is 0 Å². The summed E-state index contributed by atoms with van der Waals surface area (Å²) in [4.78, 5) is 11.7. The second kappa shape index (κ2) is 4.48. The molecule has 2 rings (SSSR count). The summed E-state index contributed by atoms with van der Waals surface area (Å²) < 4.78 is 0. The molecular weight excluding hydrogens is 194 g/mol. The average molecular weight is 209 g/mol. The van der Waals surface area contributed by atoms with Crippen LogP contribution in [0.5, 0.6) is 0 Å². The number of Topliss-reactive ketones (excluding diaryl/α,β-unsaturated/α-hetero) is 1. The van der Waals surface area contributed by atoms with Crippen LogP contribution in [0.1, 0.15) is 42.7 Å². The Morgan fingerprint density at radius 1 is 1.53 bits per heavy atom. The molecule has 0 aliphatic heterocycles. The normalized spacial score (nSPS) is 19.3. The zero-order valence-electron chi connectivity index (χ0n) is 8.52. The molecule has 6 heteroatoms. The molecule has 1 atom stereocenters. The minimum atomic E-state index is -0.481. The van der Waals surface area contributed by atoms with Gasteiger partial charge in [-0.2, -0.15) is 5.21 Å². The molecule has 0 radical (unpaired) electrons. The second-order valence-electron chi connectivity index (χ2n) is 4.09. The summed E-state index contributed by atoms with van der Waals surface area (Å²) >= 11 is 0. The molecule has 0 aromatic carbocycles. The van der Waals surface area contributed by atoms with Gasteiger partial charge in [-0.25, -0.2) is 0 Å². The number of aromatic nitrogens is 4. The van der Waals surface area contributed by atoms with Crippen LogP contribution in [0.15, 0.2) is 0 Å². The van der Waals surface area contributed by atoms with Gasteiger partial charge < -0.3 is 5.73 Å². The van der Waals surface area contributed by atoms with Gasteiger partial charge in [-0.1, -0.05) is 25.7 Å². The van der Waals surface area contributed by atoms with Gasteiger partial charge in [0.05, 0.1) is 6.04 Å². The number of ketones is 1. The summed E-state index contributed by atoms with van der Waals surface area (Å²) in [6.07, 6.45) is 5.63. The van der Waals surface area contributed by atoms with E-state index >= 15 is 0 Å². The van der Waals surface area contributed by atoms with Gasteiger partial charge >= 0.3 is 0 Å². The van der Waals surface area contributed by atoms with Crippen molar-refractivity contribution in [2.45, 2.75) is 38.1 Å². The number of nitrogens with two attached hydrogens (primary N) is 1. The van der Waals surface area contributed by atoms with E-state index in [-0.39, 0.29) is 11.6 Å². The molecule has 6 nitrogen and oxygen atoms in total. The van der Waals surface area contributed by atoms with Crippen LogP contribution in [0.2, 0.25) is 0 Å². The number of nitrogens with zero attached hydrogens (tertiary/aromatic N) is 3. The average Bonchev–Trinajstić information content (AvgIpc) is 2.88. The standard InChI is InChI=1S/C9H15N5O/c10-7(5-6-3-1-2-4-6)8(15)9-11-13-14-12-9/h6-7H,1-5,10H2,(H,11,12,13,14)/t7-/m0/s1. The molecule has 1 fully saturated rings. The van der Waals surface area contributed by atoms with E-state index in [1.807, 2.05) is 0 Å². The number of carbonyl (C=O) groups excluding carboxylic acids is 1. The third-order valence-corrected chi connectivity index (χ3v) is 2.96. The Balaban J connectivity index is 1.90. The number of nitrogens with one attached hydrogen (secondary N) is 1. The summed E-state index contributed by atoms with van der Waals surface area (Å²) in [7, 11) is 0. The lowest BCUT2D eigenvalue weighted by atomic mass is 9.96. The van der Waals surface area contributed by atoms with E-state index in [2.05, 4.69) is 20.6 Å². The van der Waals surface area contributed by atoms with Crippen molar-refractivity contribution in [1.29, 1.82) is 0 Å². The summed E-state index contributed by atoms with van der Waals surface area (Å²) in [5, 5.41) is 12.9. The highest BCUT2D eigenvalue weighted by Gasteiger charge is 2.25. The van der Waals surface area contributed by atoms with Gasteiger partial charge in [0, 0.05) is 0 Å².